The molecule has 1 rings (SSSR count). The molecule has 0 radical (unpaired) electrons. The van der Waals surface area contributed by atoms with Crippen LogP contribution in [0.15, 0.2) is 29.3 Å². The van der Waals surface area contributed by atoms with Crippen molar-refractivity contribution in [1.82, 2.24) is 16.0 Å². The standard InChI is InChI=1S/C17H26F2N4O2.HI/c1-17(2,3)14(24)21-9-10-22-16(20-4)23-11-12-7-5-6-8-13(12)25-15(18)19;/h5-8,15H,9-11H2,1-4H3,(H,21,24)(H2,20,22,23);1H. The highest BCUT2D eigenvalue weighted by Gasteiger charge is 2.20. The summed E-state index contributed by atoms with van der Waals surface area (Å²) in [5.41, 5.74) is 0.153. The number of amides is 1. The van der Waals surface area contributed by atoms with Gasteiger partial charge in [-0.05, 0) is 6.07 Å². The number of hydrogen-bond acceptors (Lipinski definition) is 3. The van der Waals surface area contributed by atoms with Crippen LogP contribution in [0.2, 0.25) is 0 Å². The lowest BCUT2D eigenvalue weighted by molar-refractivity contribution is -0.128. The summed E-state index contributed by atoms with van der Waals surface area (Å²) in [4.78, 5) is 15.8. The highest BCUT2D eigenvalue weighted by molar-refractivity contribution is 14.0. The quantitative estimate of drug-likeness (QED) is 0.241. The molecule has 6 nitrogen and oxygen atoms in total. The van der Waals surface area contributed by atoms with E-state index in [-0.39, 0.29) is 42.2 Å². The summed E-state index contributed by atoms with van der Waals surface area (Å²) < 4.78 is 29.3. The predicted molar refractivity (Wildman–Crippen MR) is 109 cm³/mol. The van der Waals surface area contributed by atoms with Crippen LogP contribution in [0.3, 0.4) is 0 Å². The summed E-state index contributed by atoms with van der Waals surface area (Å²) in [7, 11) is 1.60. The minimum absolute atomic E-state index is 0. The van der Waals surface area contributed by atoms with Gasteiger partial charge in [0.1, 0.15) is 5.75 Å². The minimum Gasteiger partial charge on any atom is -0.434 e. The van der Waals surface area contributed by atoms with E-state index in [2.05, 4.69) is 25.7 Å². The number of para-hydroxylation sites is 1. The third-order valence-electron chi connectivity index (χ3n) is 3.24. The van der Waals surface area contributed by atoms with Gasteiger partial charge in [-0.25, -0.2) is 0 Å². The number of benzene rings is 1. The zero-order valence-corrected chi connectivity index (χ0v) is 17.8. The molecule has 0 aromatic heterocycles. The molecule has 9 heteroatoms. The van der Waals surface area contributed by atoms with Crippen LogP contribution in [0.1, 0.15) is 26.3 Å². The van der Waals surface area contributed by atoms with Gasteiger partial charge in [-0.1, -0.05) is 39.0 Å². The normalized spacial score (nSPS) is 11.6. The Kier molecular flexibility index (Phi) is 11.1. The number of guanidine groups is 1. The number of rotatable bonds is 7. The molecule has 0 aliphatic rings. The first-order valence-electron chi connectivity index (χ1n) is 7.99. The number of hydrogen-bond donors (Lipinski definition) is 3. The average molecular weight is 484 g/mol. The van der Waals surface area contributed by atoms with Gasteiger partial charge < -0.3 is 20.7 Å². The van der Waals surface area contributed by atoms with E-state index in [0.717, 1.165) is 0 Å². The Morgan fingerprint density at radius 1 is 1.15 bits per heavy atom. The Morgan fingerprint density at radius 2 is 1.77 bits per heavy atom. The predicted octanol–water partition coefficient (Wildman–Crippen LogP) is 2.73. The Labute approximate surface area is 170 Å². The molecule has 0 unspecified atom stereocenters. The third-order valence-corrected chi connectivity index (χ3v) is 3.24. The minimum atomic E-state index is -2.87. The number of halogens is 3. The molecule has 0 saturated carbocycles. The van der Waals surface area contributed by atoms with Crippen molar-refractivity contribution in [3.05, 3.63) is 29.8 Å². The van der Waals surface area contributed by atoms with Gasteiger partial charge in [0, 0.05) is 37.7 Å². The number of nitrogens with zero attached hydrogens (tertiary/aromatic N) is 1. The van der Waals surface area contributed by atoms with Crippen molar-refractivity contribution < 1.29 is 18.3 Å². The maximum absolute atomic E-state index is 12.4. The molecule has 1 amide bonds. The molecule has 0 aliphatic carbocycles. The van der Waals surface area contributed by atoms with Crippen molar-refractivity contribution in [2.45, 2.75) is 33.9 Å². The SMILES string of the molecule is CN=C(NCCNC(=O)C(C)(C)C)NCc1ccccc1OC(F)F.I. The highest BCUT2D eigenvalue weighted by Crippen LogP contribution is 2.19. The zero-order valence-electron chi connectivity index (χ0n) is 15.4. The lowest BCUT2D eigenvalue weighted by Gasteiger charge is -2.18. The number of carbonyl (C=O) groups excluding carboxylic acids is 1. The van der Waals surface area contributed by atoms with Gasteiger partial charge >= 0.3 is 6.61 Å². The second-order valence-corrected chi connectivity index (χ2v) is 6.34. The van der Waals surface area contributed by atoms with Crippen LogP contribution in [-0.2, 0) is 11.3 Å². The largest absolute Gasteiger partial charge is 0.434 e. The molecule has 1 aromatic rings. The summed E-state index contributed by atoms with van der Waals surface area (Å²) in [5, 5.41) is 8.88. The fraction of sp³-hybridized carbons (Fsp3) is 0.529. The molecule has 0 bridgehead atoms. The van der Waals surface area contributed by atoms with Crippen molar-refractivity contribution in [3.8, 4) is 5.75 Å². The monoisotopic (exact) mass is 484 g/mol. The molecule has 1 aromatic carbocycles. The molecule has 0 atom stereocenters. The first-order valence-corrected chi connectivity index (χ1v) is 7.99. The molecule has 0 heterocycles. The van der Waals surface area contributed by atoms with E-state index in [9.17, 15) is 13.6 Å². The van der Waals surface area contributed by atoms with Crippen molar-refractivity contribution >= 4 is 35.8 Å². The van der Waals surface area contributed by atoms with Gasteiger partial charge in [0.25, 0.3) is 0 Å². The van der Waals surface area contributed by atoms with E-state index in [1.165, 1.54) is 6.07 Å². The highest BCUT2D eigenvalue weighted by atomic mass is 127. The Balaban J connectivity index is 0.00000625. The van der Waals surface area contributed by atoms with Gasteiger partial charge in [0.2, 0.25) is 5.91 Å². The van der Waals surface area contributed by atoms with Crippen molar-refractivity contribution in [3.63, 3.8) is 0 Å². The fourth-order valence-corrected chi connectivity index (χ4v) is 1.88. The van der Waals surface area contributed by atoms with E-state index in [1.54, 1.807) is 25.2 Å². The first kappa shape index (κ1) is 24.4. The van der Waals surface area contributed by atoms with Gasteiger partial charge in [0.15, 0.2) is 5.96 Å². The van der Waals surface area contributed by atoms with Gasteiger partial charge in [-0.3, -0.25) is 9.79 Å². The topological polar surface area (TPSA) is 74.8 Å². The van der Waals surface area contributed by atoms with Crippen LogP contribution in [0, 0.1) is 5.41 Å². The average Bonchev–Trinajstić information content (AvgIpc) is 2.53. The van der Waals surface area contributed by atoms with Crippen LogP contribution in [-0.4, -0.2) is 38.6 Å². The Morgan fingerprint density at radius 3 is 2.35 bits per heavy atom. The van der Waals surface area contributed by atoms with E-state index >= 15 is 0 Å². The molecule has 0 aliphatic heterocycles. The first-order chi connectivity index (χ1) is 11.7. The number of aliphatic imine (C=N–C) groups is 1. The second kappa shape index (κ2) is 11.9. The van der Waals surface area contributed by atoms with Crippen LogP contribution in [0.25, 0.3) is 0 Å². The molecule has 0 fully saturated rings. The van der Waals surface area contributed by atoms with E-state index in [1.807, 2.05) is 20.8 Å². The molecule has 148 valence electrons. The fourth-order valence-electron chi connectivity index (χ4n) is 1.88. The molecular formula is C17H27F2IN4O2. The summed E-state index contributed by atoms with van der Waals surface area (Å²) >= 11 is 0. The second-order valence-electron chi connectivity index (χ2n) is 6.34. The maximum atomic E-state index is 12.4. The van der Waals surface area contributed by atoms with E-state index < -0.39 is 12.0 Å². The van der Waals surface area contributed by atoms with Crippen LogP contribution >= 0.6 is 24.0 Å². The number of nitrogens with one attached hydrogen (secondary N) is 3. The van der Waals surface area contributed by atoms with E-state index in [4.69, 9.17) is 0 Å². The maximum Gasteiger partial charge on any atom is 0.387 e. The number of alkyl halides is 2. The number of carbonyl (C=O) groups is 1. The van der Waals surface area contributed by atoms with Gasteiger partial charge in [0.05, 0.1) is 0 Å². The van der Waals surface area contributed by atoms with Crippen LogP contribution in [0.4, 0.5) is 8.78 Å². The zero-order chi connectivity index (χ0) is 18.9. The molecule has 3 N–H and O–H groups in total. The summed E-state index contributed by atoms with van der Waals surface area (Å²) in [5.74, 6) is 0.588. The third kappa shape index (κ3) is 9.16. The van der Waals surface area contributed by atoms with Gasteiger partial charge in [-0.15, -0.1) is 24.0 Å². The van der Waals surface area contributed by atoms with Crippen molar-refractivity contribution in [1.29, 1.82) is 0 Å². The number of ether oxygens (including phenoxy) is 1. The summed E-state index contributed by atoms with van der Waals surface area (Å²) in [6, 6.07) is 6.56. The smallest absolute Gasteiger partial charge is 0.387 e. The molecule has 26 heavy (non-hydrogen) atoms. The van der Waals surface area contributed by atoms with Gasteiger partial charge in [-0.2, -0.15) is 8.78 Å². The Bertz CT molecular complexity index is 592. The Hall–Kier alpha value is -1.65. The lowest BCUT2D eigenvalue weighted by atomic mass is 9.96. The van der Waals surface area contributed by atoms with Crippen molar-refractivity contribution in [2.75, 3.05) is 20.1 Å². The molecule has 0 saturated heterocycles. The molecular weight excluding hydrogens is 457 g/mol. The summed E-state index contributed by atoms with van der Waals surface area (Å²) in [6.07, 6.45) is 0. The van der Waals surface area contributed by atoms with Crippen LogP contribution < -0.4 is 20.7 Å². The van der Waals surface area contributed by atoms with Crippen molar-refractivity contribution in [2.24, 2.45) is 10.4 Å². The van der Waals surface area contributed by atoms with E-state index in [0.29, 0.717) is 24.6 Å². The summed E-state index contributed by atoms with van der Waals surface area (Å²) in [6.45, 7) is 3.86. The van der Waals surface area contributed by atoms with Crippen LogP contribution in [0.5, 0.6) is 5.75 Å². The lowest BCUT2D eigenvalue weighted by Crippen LogP contribution is -2.43. The molecule has 0 spiro atoms.